The van der Waals surface area contributed by atoms with Crippen LogP contribution in [0.15, 0.2) is 122 Å². The van der Waals surface area contributed by atoms with Gasteiger partial charge < -0.3 is 14.2 Å². The van der Waals surface area contributed by atoms with Crippen LogP contribution in [0.3, 0.4) is 0 Å². The van der Waals surface area contributed by atoms with Gasteiger partial charge in [0.25, 0.3) is 0 Å². The number of rotatable bonds is 55. The summed E-state index contributed by atoms with van der Waals surface area (Å²) in [5.74, 6) is -0.904. The molecule has 6 nitrogen and oxygen atoms in total. The van der Waals surface area contributed by atoms with E-state index < -0.39 is 6.10 Å². The van der Waals surface area contributed by atoms with E-state index in [1.165, 1.54) is 103 Å². The maximum Gasteiger partial charge on any atom is 0.306 e. The van der Waals surface area contributed by atoms with Gasteiger partial charge in [-0.15, -0.1) is 0 Å². The summed E-state index contributed by atoms with van der Waals surface area (Å²) in [5.41, 5.74) is 0. The van der Waals surface area contributed by atoms with Gasteiger partial charge in [0.05, 0.1) is 0 Å². The smallest absolute Gasteiger partial charge is 0.306 e. The summed E-state index contributed by atoms with van der Waals surface area (Å²) in [5, 5.41) is 0. The summed E-state index contributed by atoms with van der Waals surface area (Å²) >= 11 is 0. The van der Waals surface area contributed by atoms with Crippen LogP contribution in [-0.2, 0) is 28.6 Å². The number of hydrogen-bond donors (Lipinski definition) is 0. The minimum Gasteiger partial charge on any atom is -0.462 e. The Morgan fingerprint density at radius 2 is 0.520 bits per heavy atom. The van der Waals surface area contributed by atoms with E-state index in [0.717, 1.165) is 135 Å². The Hall–Kier alpha value is -4.19. The molecule has 1 unspecified atom stereocenters. The van der Waals surface area contributed by atoms with E-state index in [2.05, 4.69) is 142 Å². The Bertz CT molecular complexity index is 1570. The molecule has 0 saturated heterocycles. The number of hydrogen-bond acceptors (Lipinski definition) is 6. The first kappa shape index (κ1) is 70.8. The average molecular weight is 1040 g/mol. The van der Waals surface area contributed by atoms with Crippen molar-refractivity contribution in [3.8, 4) is 0 Å². The monoisotopic (exact) mass is 1040 g/mol. The van der Waals surface area contributed by atoms with Crippen molar-refractivity contribution in [2.24, 2.45) is 0 Å². The second-order valence-corrected chi connectivity index (χ2v) is 20.2. The van der Waals surface area contributed by atoms with Crippen LogP contribution in [0.4, 0.5) is 0 Å². The largest absolute Gasteiger partial charge is 0.462 e. The van der Waals surface area contributed by atoms with Crippen molar-refractivity contribution in [1.82, 2.24) is 0 Å². The van der Waals surface area contributed by atoms with Gasteiger partial charge in [-0.05, 0) is 109 Å². The van der Waals surface area contributed by atoms with Crippen molar-refractivity contribution in [3.05, 3.63) is 122 Å². The molecule has 6 heteroatoms. The zero-order valence-corrected chi connectivity index (χ0v) is 48.8. The lowest BCUT2D eigenvalue weighted by Gasteiger charge is -2.18. The first-order valence-corrected chi connectivity index (χ1v) is 31.0. The highest BCUT2D eigenvalue weighted by atomic mass is 16.6. The fraction of sp³-hybridized carbons (Fsp3) is 0.667. The maximum atomic E-state index is 12.9. The third-order valence-electron chi connectivity index (χ3n) is 13.0. The fourth-order valence-corrected chi connectivity index (χ4v) is 8.38. The van der Waals surface area contributed by atoms with Crippen molar-refractivity contribution in [1.29, 1.82) is 0 Å². The number of ether oxygens (including phenoxy) is 3. The molecular formula is C69H114O6. The average Bonchev–Trinajstić information content (AvgIpc) is 3.41. The van der Waals surface area contributed by atoms with Crippen LogP contribution in [0.5, 0.6) is 0 Å². The molecule has 0 amide bonds. The summed E-state index contributed by atoms with van der Waals surface area (Å²) in [4.78, 5) is 38.2. The van der Waals surface area contributed by atoms with Crippen LogP contribution in [0.1, 0.15) is 278 Å². The lowest BCUT2D eigenvalue weighted by atomic mass is 10.0. The van der Waals surface area contributed by atoms with Gasteiger partial charge in [-0.25, -0.2) is 0 Å². The summed E-state index contributed by atoms with van der Waals surface area (Å²) in [6.07, 6.45) is 86.3. The minimum absolute atomic E-state index is 0.0850. The van der Waals surface area contributed by atoms with Crippen molar-refractivity contribution in [3.63, 3.8) is 0 Å². The van der Waals surface area contributed by atoms with Crippen molar-refractivity contribution < 1.29 is 28.6 Å². The Balaban J connectivity index is 4.30. The molecule has 0 heterocycles. The number of allylic oxidation sites excluding steroid dienone is 20. The highest BCUT2D eigenvalue weighted by molar-refractivity contribution is 5.71. The summed E-state index contributed by atoms with van der Waals surface area (Å²) in [6.45, 7) is 6.39. The van der Waals surface area contributed by atoms with Gasteiger partial charge in [-0.3, -0.25) is 14.4 Å². The van der Waals surface area contributed by atoms with Crippen molar-refractivity contribution in [2.75, 3.05) is 13.2 Å². The molecule has 0 rings (SSSR count). The molecule has 0 N–H and O–H groups in total. The molecule has 0 spiro atoms. The third kappa shape index (κ3) is 60.6. The second-order valence-electron chi connectivity index (χ2n) is 20.2. The zero-order valence-electron chi connectivity index (χ0n) is 48.8. The van der Waals surface area contributed by atoms with E-state index in [1.807, 2.05) is 0 Å². The fourth-order valence-electron chi connectivity index (χ4n) is 8.38. The van der Waals surface area contributed by atoms with Crippen molar-refractivity contribution >= 4 is 17.9 Å². The number of esters is 3. The molecule has 0 radical (unpaired) electrons. The molecule has 75 heavy (non-hydrogen) atoms. The molecular weight excluding hydrogens is 925 g/mol. The molecule has 426 valence electrons. The number of carbonyl (C=O) groups is 3. The molecule has 0 aromatic heterocycles. The second kappa shape index (κ2) is 62.4. The molecule has 0 aromatic rings. The number of unbranched alkanes of at least 4 members (excludes halogenated alkanes) is 24. The molecule has 0 bridgehead atoms. The lowest BCUT2D eigenvalue weighted by molar-refractivity contribution is -0.167. The quantitative estimate of drug-likeness (QED) is 0.0261. The van der Waals surface area contributed by atoms with E-state index >= 15 is 0 Å². The van der Waals surface area contributed by atoms with Gasteiger partial charge in [0, 0.05) is 19.3 Å². The predicted molar refractivity (Wildman–Crippen MR) is 325 cm³/mol. The first-order chi connectivity index (χ1) is 37.0. The topological polar surface area (TPSA) is 78.9 Å². The third-order valence-corrected chi connectivity index (χ3v) is 13.0. The first-order valence-electron chi connectivity index (χ1n) is 31.0. The Labute approximate surface area is 462 Å². The van der Waals surface area contributed by atoms with Gasteiger partial charge in [0.2, 0.25) is 0 Å². The highest BCUT2D eigenvalue weighted by Crippen LogP contribution is 2.15. The van der Waals surface area contributed by atoms with E-state index in [-0.39, 0.29) is 31.1 Å². The molecule has 1 atom stereocenters. The molecule has 0 aliphatic rings. The highest BCUT2D eigenvalue weighted by Gasteiger charge is 2.19. The van der Waals surface area contributed by atoms with Gasteiger partial charge in [0.1, 0.15) is 13.2 Å². The summed E-state index contributed by atoms with van der Waals surface area (Å²) in [6, 6.07) is 0. The van der Waals surface area contributed by atoms with E-state index in [1.54, 1.807) is 0 Å². The van der Waals surface area contributed by atoms with E-state index in [4.69, 9.17) is 14.2 Å². The normalized spacial score (nSPS) is 12.9. The Morgan fingerprint density at radius 3 is 0.813 bits per heavy atom. The van der Waals surface area contributed by atoms with E-state index in [0.29, 0.717) is 19.3 Å². The standard InChI is InChI=1S/C69H114O6/c1-4-7-10-13-16-19-21-23-25-27-29-31-33-34-36-37-39-41-43-45-47-50-53-56-59-62-68(71)74-65-66(64-73-67(70)61-58-55-52-49-18-15-12-9-6-3)75-69(72)63-60-57-54-51-48-46-44-42-40-38-35-32-30-28-26-24-22-20-17-14-11-8-5-2/h7-8,10-11,16-17,19-20,23-26,29-32,34,36,39,41,66H,4-6,9,12-15,18,21-22,27-28,33,35,37-38,40,42-65H2,1-3H3/b10-7-,11-8-,19-16-,20-17-,25-23-,26-24-,31-29-,32-30-,36-34-,41-39-. The van der Waals surface area contributed by atoms with Crippen LogP contribution >= 0.6 is 0 Å². The molecule has 0 fully saturated rings. The predicted octanol–water partition coefficient (Wildman–Crippen LogP) is 21.2. The van der Waals surface area contributed by atoms with Crippen LogP contribution in [0.25, 0.3) is 0 Å². The van der Waals surface area contributed by atoms with Gasteiger partial charge >= 0.3 is 17.9 Å². The summed E-state index contributed by atoms with van der Waals surface area (Å²) in [7, 11) is 0. The van der Waals surface area contributed by atoms with Crippen molar-refractivity contribution in [2.45, 2.75) is 284 Å². The SMILES string of the molecule is CC/C=C\C/C=C\C/C=C\C/C=C\C/C=C\C/C=C\CCCCCCCCC(=O)OCC(COC(=O)CCCCCCCCCCC)OC(=O)CCCCCCCCCCCC/C=C\C/C=C\C/C=C\C/C=C\CC. The van der Waals surface area contributed by atoms with Gasteiger partial charge in [-0.2, -0.15) is 0 Å². The number of carbonyl (C=O) groups excluding carboxylic acids is 3. The maximum absolute atomic E-state index is 12.9. The molecule has 0 aliphatic carbocycles. The van der Waals surface area contributed by atoms with Gasteiger partial charge in [0.15, 0.2) is 6.10 Å². The minimum atomic E-state index is -0.788. The van der Waals surface area contributed by atoms with E-state index in [9.17, 15) is 14.4 Å². The zero-order chi connectivity index (χ0) is 54.3. The lowest BCUT2D eigenvalue weighted by Crippen LogP contribution is -2.30. The van der Waals surface area contributed by atoms with Crippen LogP contribution in [0.2, 0.25) is 0 Å². The van der Waals surface area contributed by atoms with Gasteiger partial charge in [-0.1, -0.05) is 271 Å². The molecule has 0 aliphatic heterocycles. The Morgan fingerprint density at radius 1 is 0.280 bits per heavy atom. The van der Waals surface area contributed by atoms with Crippen LogP contribution in [0, 0.1) is 0 Å². The van der Waals surface area contributed by atoms with Crippen LogP contribution < -0.4 is 0 Å². The molecule has 0 aromatic carbocycles. The molecule has 0 saturated carbocycles. The van der Waals surface area contributed by atoms with Crippen LogP contribution in [-0.4, -0.2) is 37.2 Å². The Kier molecular flexibility index (Phi) is 58.9. The summed E-state index contributed by atoms with van der Waals surface area (Å²) < 4.78 is 16.9.